The number of rotatable bonds is 3. The standard InChI is InChI=1S/C16H17NO3/c18-14-8-9-17(16(19)15-7-4-10-20-15)13(14)11-12-5-2-1-3-6-12/h1-7,10,13-14,18H,8-9,11H2/t13-,14+/m0/s1. The zero-order valence-electron chi connectivity index (χ0n) is 11.1. The van der Waals surface area contributed by atoms with Crippen molar-refractivity contribution in [1.82, 2.24) is 4.90 Å². The molecule has 1 N–H and O–H groups in total. The highest BCUT2D eigenvalue weighted by Gasteiger charge is 2.37. The molecule has 4 nitrogen and oxygen atoms in total. The second-order valence-electron chi connectivity index (χ2n) is 5.09. The van der Waals surface area contributed by atoms with Gasteiger partial charge in [0.25, 0.3) is 5.91 Å². The van der Waals surface area contributed by atoms with Crippen molar-refractivity contribution in [3.8, 4) is 0 Å². The fourth-order valence-corrected chi connectivity index (χ4v) is 2.73. The van der Waals surface area contributed by atoms with E-state index in [0.717, 1.165) is 5.56 Å². The Bertz CT molecular complexity index is 565. The first-order chi connectivity index (χ1) is 9.75. The van der Waals surface area contributed by atoms with E-state index in [9.17, 15) is 9.90 Å². The maximum atomic E-state index is 12.4. The summed E-state index contributed by atoms with van der Waals surface area (Å²) in [5.41, 5.74) is 1.12. The molecular weight excluding hydrogens is 254 g/mol. The van der Waals surface area contributed by atoms with Gasteiger partial charge in [-0.15, -0.1) is 0 Å². The van der Waals surface area contributed by atoms with Gasteiger partial charge in [0.1, 0.15) is 0 Å². The summed E-state index contributed by atoms with van der Waals surface area (Å²) in [5.74, 6) is 0.185. The van der Waals surface area contributed by atoms with Gasteiger partial charge in [-0.3, -0.25) is 4.79 Å². The number of carbonyl (C=O) groups is 1. The summed E-state index contributed by atoms with van der Waals surface area (Å²) >= 11 is 0. The predicted octanol–water partition coefficient (Wildman–Crippen LogP) is 2.10. The Balaban J connectivity index is 1.78. The predicted molar refractivity (Wildman–Crippen MR) is 74.3 cm³/mol. The largest absolute Gasteiger partial charge is 0.459 e. The van der Waals surface area contributed by atoms with Crippen molar-refractivity contribution in [2.45, 2.75) is 25.0 Å². The summed E-state index contributed by atoms with van der Waals surface area (Å²) in [7, 11) is 0. The second kappa shape index (κ2) is 5.51. The maximum absolute atomic E-state index is 12.4. The van der Waals surface area contributed by atoms with Crippen LogP contribution in [0.5, 0.6) is 0 Å². The molecule has 2 heterocycles. The average molecular weight is 271 g/mol. The number of likely N-dealkylation sites (tertiary alicyclic amines) is 1. The number of carbonyl (C=O) groups excluding carboxylic acids is 1. The first-order valence-electron chi connectivity index (χ1n) is 6.82. The van der Waals surface area contributed by atoms with Crippen LogP contribution < -0.4 is 0 Å². The summed E-state index contributed by atoms with van der Waals surface area (Å²) in [5, 5.41) is 10.1. The summed E-state index contributed by atoms with van der Waals surface area (Å²) < 4.78 is 5.17. The Kier molecular flexibility index (Phi) is 3.56. The fraction of sp³-hybridized carbons (Fsp3) is 0.312. The zero-order valence-corrected chi connectivity index (χ0v) is 11.1. The zero-order chi connectivity index (χ0) is 13.9. The third-order valence-corrected chi connectivity index (χ3v) is 3.79. The Morgan fingerprint density at radius 1 is 1.25 bits per heavy atom. The number of hydrogen-bond donors (Lipinski definition) is 1. The van der Waals surface area contributed by atoms with Gasteiger partial charge in [-0.05, 0) is 30.5 Å². The highest BCUT2D eigenvalue weighted by atomic mass is 16.3. The van der Waals surface area contributed by atoms with Gasteiger partial charge in [-0.1, -0.05) is 30.3 Å². The maximum Gasteiger partial charge on any atom is 0.289 e. The van der Waals surface area contributed by atoms with Crippen molar-refractivity contribution in [3.63, 3.8) is 0 Å². The van der Waals surface area contributed by atoms with Crippen LogP contribution in [-0.4, -0.2) is 34.6 Å². The second-order valence-corrected chi connectivity index (χ2v) is 5.09. The van der Waals surface area contributed by atoms with Gasteiger partial charge in [-0.2, -0.15) is 0 Å². The molecule has 104 valence electrons. The van der Waals surface area contributed by atoms with Crippen LogP contribution in [0.4, 0.5) is 0 Å². The molecule has 3 rings (SSSR count). The smallest absolute Gasteiger partial charge is 0.289 e. The summed E-state index contributed by atoms with van der Waals surface area (Å²) in [6.07, 6.45) is 2.29. The fourth-order valence-electron chi connectivity index (χ4n) is 2.73. The van der Waals surface area contributed by atoms with Gasteiger partial charge >= 0.3 is 0 Å². The number of nitrogens with zero attached hydrogens (tertiary/aromatic N) is 1. The molecular formula is C16H17NO3. The molecule has 0 saturated carbocycles. The Morgan fingerprint density at radius 3 is 2.75 bits per heavy atom. The SMILES string of the molecule is O=C(c1ccco1)N1CC[C@@H](O)[C@@H]1Cc1ccccc1. The highest BCUT2D eigenvalue weighted by Crippen LogP contribution is 2.24. The quantitative estimate of drug-likeness (QED) is 0.930. The monoisotopic (exact) mass is 271 g/mol. The number of benzene rings is 1. The van der Waals surface area contributed by atoms with E-state index in [0.29, 0.717) is 25.1 Å². The van der Waals surface area contributed by atoms with E-state index < -0.39 is 6.10 Å². The topological polar surface area (TPSA) is 53.7 Å². The average Bonchev–Trinajstić information content (AvgIpc) is 3.11. The van der Waals surface area contributed by atoms with E-state index in [2.05, 4.69) is 0 Å². The van der Waals surface area contributed by atoms with Crippen molar-refractivity contribution in [1.29, 1.82) is 0 Å². The van der Waals surface area contributed by atoms with Crippen LogP contribution in [0.15, 0.2) is 53.1 Å². The van der Waals surface area contributed by atoms with E-state index in [1.165, 1.54) is 6.26 Å². The third-order valence-electron chi connectivity index (χ3n) is 3.79. The molecule has 0 aliphatic carbocycles. The summed E-state index contributed by atoms with van der Waals surface area (Å²) in [6.45, 7) is 0.568. The lowest BCUT2D eigenvalue weighted by Crippen LogP contribution is -2.41. The molecule has 0 spiro atoms. The van der Waals surface area contributed by atoms with E-state index in [-0.39, 0.29) is 11.9 Å². The van der Waals surface area contributed by atoms with Crippen LogP contribution in [0.3, 0.4) is 0 Å². The van der Waals surface area contributed by atoms with Crippen LogP contribution in [0.25, 0.3) is 0 Å². The van der Waals surface area contributed by atoms with Crippen molar-refractivity contribution in [2.24, 2.45) is 0 Å². The first kappa shape index (κ1) is 12.9. The molecule has 0 bridgehead atoms. The lowest BCUT2D eigenvalue weighted by atomic mass is 10.0. The van der Waals surface area contributed by atoms with Crippen LogP contribution in [0, 0.1) is 0 Å². The van der Waals surface area contributed by atoms with Crippen molar-refractivity contribution in [3.05, 3.63) is 60.1 Å². The minimum Gasteiger partial charge on any atom is -0.459 e. The number of aliphatic hydroxyl groups excluding tert-OH is 1. The van der Waals surface area contributed by atoms with Gasteiger partial charge in [0.15, 0.2) is 5.76 Å². The van der Waals surface area contributed by atoms with Crippen LogP contribution >= 0.6 is 0 Å². The minimum absolute atomic E-state index is 0.146. The molecule has 0 radical (unpaired) electrons. The molecule has 1 fully saturated rings. The molecule has 1 aromatic carbocycles. The lowest BCUT2D eigenvalue weighted by Gasteiger charge is -2.25. The van der Waals surface area contributed by atoms with Gasteiger partial charge < -0.3 is 14.4 Å². The number of amides is 1. The first-order valence-corrected chi connectivity index (χ1v) is 6.82. The summed E-state index contributed by atoms with van der Waals surface area (Å²) in [4.78, 5) is 14.1. The molecule has 1 amide bonds. The summed E-state index contributed by atoms with van der Waals surface area (Å²) in [6, 6.07) is 13.1. The Labute approximate surface area is 117 Å². The molecule has 2 atom stereocenters. The third kappa shape index (κ3) is 2.47. The van der Waals surface area contributed by atoms with E-state index in [1.807, 2.05) is 30.3 Å². The van der Waals surface area contributed by atoms with Crippen LogP contribution in [-0.2, 0) is 6.42 Å². The van der Waals surface area contributed by atoms with Gasteiger partial charge in [-0.25, -0.2) is 0 Å². The molecule has 4 heteroatoms. The normalized spacial score (nSPS) is 22.1. The van der Waals surface area contributed by atoms with Gasteiger partial charge in [0, 0.05) is 6.54 Å². The Morgan fingerprint density at radius 2 is 2.05 bits per heavy atom. The van der Waals surface area contributed by atoms with Gasteiger partial charge in [0.2, 0.25) is 0 Å². The van der Waals surface area contributed by atoms with E-state index in [4.69, 9.17) is 4.42 Å². The van der Waals surface area contributed by atoms with E-state index in [1.54, 1.807) is 17.0 Å². The van der Waals surface area contributed by atoms with Crippen molar-refractivity contribution < 1.29 is 14.3 Å². The van der Waals surface area contributed by atoms with Gasteiger partial charge in [0.05, 0.1) is 18.4 Å². The molecule has 1 aliphatic heterocycles. The number of furan rings is 1. The van der Waals surface area contributed by atoms with Crippen molar-refractivity contribution >= 4 is 5.91 Å². The molecule has 1 aliphatic rings. The van der Waals surface area contributed by atoms with E-state index >= 15 is 0 Å². The highest BCUT2D eigenvalue weighted by molar-refractivity contribution is 5.92. The van der Waals surface area contributed by atoms with Crippen LogP contribution in [0.1, 0.15) is 22.5 Å². The lowest BCUT2D eigenvalue weighted by molar-refractivity contribution is 0.0610. The number of aliphatic hydroxyl groups is 1. The molecule has 2 aromatic rings. The molecule has 1 saturated heterocycles. The molecule has 1 aromatic heterocycles. The van der Waals surface area contributed by atoms with Crippen molar-refractivity contribution in [2.75, 3.05) is 6.54 Å². The Hall–Kier alpha value is -2.07. The number of hydrogen-bond acceptors (Lipinski definition) is 3. The molecule has 0 unspecified atom stereocenters. The molecule has 20 heavy (non-hydrogen) atoms. The minimum atomic E-state index is -0.478. The van der Waals surface area contributed by atoms with Crippen LogP contribution in [0.2, 0.25) is 0 Å².